The minimum atomic E-state index is -0.296. The van der Waals surface area contributed by atoms with Gasteiger partial charge in [0.1, 0.15) is 0 Å². The summed E-state index contributed by atoms with van der Waals surface area (Å²) < 4.78 is 0. The molecule has 0 unspecified atom stereocenters. The van der Waals surface area contributed by atoms with Crippen LogP contribution in [0.15, 0.2) is 66.0 Å². The van der Waals surface area contributed by atoms with Crippen LogP contribution in [0.25, 0.3) is 11.3 Å². The van der Waals surface area contributed by atoms with Crippen LogP contribution in [0.2, 0.25) is 0 Å². The molecule has 0 spiro atoms. The van der Waals surface area contributed by atoms with Gasteiger partial charge in [0.2, 0.25) is 11.8 Å². The lowest BCUT2D eigenvalue weighted by atomic mass is 10.1. The van der Waals surface area contributed by atoms with Gasteiger partial charge in [0.25, 0.3) is 0 Å². The van der Waals surface area contributed by atoms with E-state index in [0.717, 1.165) is 16.8 Å². The van der Waals surface area contributed by atoms with Crippen LogP contribution in [0.5, 0.6) is 0 Å². The highest BCUT2D eigenvalue weighted by Gasteiger charge is 2.09. The predicted molar refractivity (Wildman–Crippen MR) is 99.3 cm³/mol. The van der Waals surface area contributed by atoms with Crippen molar-refractivity contribution in [1.29, 1.82) is 0 Å². The molecule has 0 aliphatic carbocycles. The molecule has 5 nitrogen and oxygen atoms in total. The Morgan fingerprint density at radius 3 is 2.32 bits per heavy atom. The number of anilines is 1. The SMILES string of the molecule is O=C(Cc1ccccc1)NCC(=O)Nc1nc(-c2ccccc2)cs1. The average Bonchev–Trinajstić information content (AvgIpc) is 3.10. The number of nitrogens with zero attached hydrogens (tertiary/aromatic N) is 1. The summed E-state index contributed by atoms with van der Waals surface area (Å²) in [5.74, 6) is -0.485. The van der Waals surface area contributed by atoms with Crippen LogP contribution in [-0.2, 0) is 16.0 Å². The van der Waals surface area contributed by atoms with E-state index in [1.807, 2.05) is 66.0 Å². The number of carbonyl (C=O) groups excluding carboxylic acids is 2. The molecule has 1 aromatic heterocycles. The Balaban J connectivity index is 1.48. The van der Waals surface area contributed by atoms with Gasteiger partial charge in [-0.2, -0.15) is 0 Å². The van der Waals surface area contributed by atoms with Gasteiger partial charge in [0.15, 0.2) is 5.13 Å². The highest BCUT2D eigenvalue weighted by molar-refractivity contribution is 7.14. The summed E-state index contributed by atoms with van der Waals surface area (Å²) in [4.78, 5) is 28.2. The van der Waals surface area contributed by atoms with E-state index in [0.29, 0.717) is 5.13 Å². The molecule has 0 fully saturated rings. The highest BCUT2D eigenvalue weighted by Crippen LogP contribution is 2.24. The Kier molecular flexibility index (Phi) is 5.53. The van der Waals surface area contributed by atoms with Crippen LogP contribution in [0.4, 0.5) is 5.13 Å². The molecule has 3 rings (SSSR count). The third-order valence-electron chi connectivity index (χ3n) is 3.47. The van der Waals surface area contributed by atoms with Crippen LogP contribution in [0.1, 0.15) is 5.56 Å². The number of hydrogen-bond donors (Lipinski definition) is 2. The van der Waals surface area contributed by atoms with Gasteiger partial charge in [-0.3, -0.25) is 9.59 Å². The maximum absolute atomic E-state index is 12.0. The van der Waals surface area contributed by atoms with Gasteiger partial charge in [-0.15, -0.1) is 11.3 Å². The predicted octanol–water partition coefficient (Wildman–Crippen LogP) is 3.11. The van der Waals surface area contributed by atoms with Crippen LogP contribution in [0.3, 0.4) is 0 Å². The molecule has 0 radical (unpaired) electrons. The van der Waals surface area contributed by atoms with E-state index in [4.69, 9.17) is 0 Å². The molecule has 0 aliphatic heterocycles. The number of rotatable bonds is 6. The third-order valence-corrected chi connectivity index (χ3v) is 4.23. The second-order valence-corrected chi connectivity index (χ2v) is 6.25. The molecule has 0 aliphatic rings. The van der Waals surface area contributed by atoms with Gasteiger partial charge in [-0.25, -0.2) is 4.98 Å². The van der Waals surface area contributed by atoms with Gasteiger partial charge in [0.05, 0.1) is 18.7 Å². The lowest BCUT2D eigenvalue weighted by molar-refractivity contribution is -0.123. The Hall–Kier alpha value is -2.99. The number of amides is 2. The van der Waals surface area contributed by atoms with Crippen molar-refractivity contribution >= 4 is 28.3 Å². The maximum atomic E-state index is 12.0. The van der Waals surface area contributed by atoms with Gasteiger partial charge in [-0.1, -0.05) is 60.7 Å². The molecular weight excluding hydrogens is 334 g/mol. The van der Waals surface area contributed by atoms with Gasteiger partial charge in [-0.05, 0) is 5.56 Å². The number of hydrogen-bond acceptors (Lipinski definition) is 4. The summed E-state index contributed by atoms with van der Waals surface area (Å²) in [7, 11) is 0. The molecule has 0 saturated heterocycles. The summed E-state index contributed by atoms with van der Waals surface area (Å²) in [6, 6.07) is 19.1. The van der Waals surface area contributed by atoms with Crippen molar-refractivity contribution < 1.29 is 9.59 Å². The summed E-state index contributed by atoms with van der Waals surface area (Å²) in [5.41, 5.74) is 2.72. The van der Waals surface area contributed by atoms with Crippen LogP contribution < -0.4 is 10.6 Å². The molecule has 0 saturated carbocycles. The largest absolute Gasteiger partial charge is 0.347 e. The van der Waals surface area contributed by atoms with Crippen LogP contribution in [0, 0.1) is 0 Å². The van der Waals surface area contributed by atoms with Crippen molar-refractivity contribution in [3.63, 3.8) is 0 Å². The molecular formula is C19H17N3O2S. The van der Waals surface area contributed by atoms with E-state index in [2.05, 4.69) is 15.6 Å². The van der Waals surface area contributed by atoms with Crippen molar-refractivity contribution in [2.75, 3.05) is 11.9 Å². The van der Waals surface area contributed by atoms with E-state index >= 15 is 0 Å². The van der Waals surface area contributed by atoms with E-state index < -0.39 is 0 Å². The van der Waals surface area contributed by atoms with Gasteiger partial charge < -0.3 is 10.6 Å². The lowest BCUT2D eigenvalue weighted by Gasteiger charge is -2.05. The standard InChI is InChI=1S/C19H17N3O2S/c23-17(11-14-7-3-1-4-8-14)20-12-18(24)22-19-21-16(13-25-19)15-9-5-2-6-10-15/h1-10,13H,11-12H2,(H,20,23)(H,21,22,24). The average molecular weight is 351 g/mol. The van der Waals surface area contributed by atoms with Gasteiger partial charge >= 0.3 is 0 Å². The number of thiazole rings is 1. The molecule has 2 amide bonds. The Morgan fingerprint density at radius 1 is 0.920 bits per heavy atom. The first-order chi connectivity index (χ1) is 12.2. The number of carbonyl (C=O) groups is 2. The van der Waals surface area contributed by atoms with Crippen molar-refractivity contribution in [2.45, 2.75) is 6.42 Å². The molecule has 2 aromatic carbocycles. The fourth-order valence-electron chi connectivity index (χ4n) is 2.26. The third kappa shape index (κ3) is 4.99. The number of nitrogens with one attached hydrogen (secondary N) is 2. The Labute approximate surface area is 149 Å². The van der Waals surface area contributed by atoms with E-state index in [1.54, 1.807) is 0 Å². The maximum Gasteiger partial charge on any atom is 0.245 e. The zero-order valence-electron chi connectivity index (χ0n) is 13.4. The molecule has 25 heavy (non-hydrogen) atoms. The summed E-state index contributed by atoms with van der Waals surface area (Å²) in [6.45, 7) is -0.0775. The van der Waals surface area contributed by atoms with Crippen LogP contribution >= 0.6 is 11.3 Å². The quantitative estimate of drug-likeness (QED) is 0.717. The number of aromatic nitrogens is 1. The topological polar surface area (TPSA) is 71.1 Å². The smallest absolute Gasteiger partial charge is 0.245 e. The minimum Gasteiger partial charge on any atom is -0.347 e. The second-order valence-electron chi connectivity index (χ2n) is 5.39. The molecule has 0 bridgehead atoms. The number of benzene rings is 2. The van der Waals surface area contributed by atoms with Crippen molar-refractivity contribution in [2.24, 2.45) is 0 Å². The first-order valence-corrected chi connectivity index (χ1v) is 8.70. The molecule has 126 valence electrons. The van der Waals surface area contributed by atoms with E-state index in [1.165, 1.54) is 11.3 Å². The zero-order valence-corrected chi connectivity index (χ0v) is 14.3. The normalized spacial score (nSPS) is 10.2. The summed E-state index contributed by atoms with van der Waals surface area (Å²) in [6.07, 6.45) is 0.253. The monoisotopic (exact) mass is 351 g/mol. The van der Waals surface area contributed by atoms with E-state index in [9.17, 15) is 9.59 Å². The van der Waals surface area contributed by atoms with Crippen molar-refractivity contribution in [3.8, 4) is 11.3 Å². The fraction of sp³-hybridized carbons (Fsp3) is 0.105. The summed E-state index contributed by atoms with van der Waals surface area (Å²) in [5, 5.41) is 7.72. The van der Waals surface area contributed by atoms with Gasteiger partial charge in [0, 0.05) is 10.9 Å². The first-order valence-electron chi connectivity index (χ1n) is 7.82. The Morgan fingerprint density at radius 2 is 1.60 bits per heavy atom. The molecule has 1 heterocycles. The first kappa shape index (κ1) is 16.9. The van der Waals surface area contributed by atoms with Crippen molar-refractivity contribution in [1.82, 2.24) is 10.3 Å². The van der Waals surface area contributed by atoms with Crippen molar-refractivity contribution in [3.05, 3.63) is 71.6 Å². The second kappa shape index (κ2) is 8.21. The van der Waals surface area contributed by atoms with Crippen LogP contribution in [-0.4, -0.2) is 23.3 Å². The lowest BCUT2D eigenvalue weighted by Crippen LogP contribution is -2.33. The highest BCUT2D eigenvalue weighted by atomic mass is 32.1. The Bertz CT molecular complexity index is 847. The summed E-state index contributed by atoms with van der Waals surface area (Å²) >= 11 is 1.35. The minimum absolute atomic E-state index is 0.0775. The molecule has 3 aromatic rings. The zero-order chi connectivity index (χ0) is 17.5. The fourth-order valence-corrected chi connectivity index (χ4v) is 2.99. The molecule has 6 heteroatoms. The van der Waals surface area contributed by atoms with E-state index in [-0.39, 0.29) is 24.8 Å². The molecule has 2 N–H and O–H groups in total. The molecule has 0 atom stereocenters.